The van der Waals surface area contributed by atoms with Crippen LogP contribution in [0.25, 0.3) is 0 Å². The van der Waals surface area contributed by atoms with Crippen LogP contribution in [0.3, 0.4) is 0 Å². The summed E-state index contributed by atoms with van der Waals surface area (Å²) in [5.41, 5.74) is -0.399. The van der Waals surface area contributed by atoms with Gasteiger partial charge in [0.15, 0.2) is 14.1 Å². The fraction of sp³-hybridized carbons (Fsp3) is 0.706. The van der Waals surface area contributed by atoms with E-state index >= 15 is 0 Å². The smallest absolute Gasteiger partial charge is 0.410 e. The van der Waals surface area contributed by atoms with Gasteiger partial charge in [0, 0.05) is 18.0 Å². The summed E-state index contributed by atoms with van der Waals surface area (Å²) in [6, 6.07) is 0. The molecule has 0 aliphatic heterocycles. The highest BCUT2D eigenvalue weighted by Gasteiger charge is 2.38. The summed E-state index contributed by atoms with van der Waals surface area (Å²) in [5, 5.41) is 7.33. The molecule has 0 radical (unpaired) electrons. The van der Waals surface area contributed by atoms with Crippen LogP contribution < -0.4 is 5.14 Å². The van der Waals surface area contributed by atoms with Gasteiger partial charge < -0.3 is 9.64 Å². The number of thiophene rings is 1. The Morgan fingerprint density at radius 2 is 1.85 bits per heavy atom. The van der Waals surface area contributed by atoms with Crippen LogP contribution in [0, 0.1) is 5.82 Å². The third-order valence-corrected chi connectivity index (χ3v) is 13.4. The van der Waals surface area contributed by atoms with Crippen molar-refractivity contribution in [3.05, 3.63) is 16.8 Å². The van der Waals surface area contributed by atoms with E-state index < -0.39 is 35.7 Å². The van der Waals surface area contributed by atoms with Gasteiger partial charge in [0.25, 0.3) is 0 Å². The van der Waals surface area contributed by atoms with Crippen LogP contribution in [-0.4, -0.2) is 36.1 Å². The van der Waals surface area contributed by atoms with Crippen LogP contribution in [0.5, 0.6) is 0 Å². The molecule has 0 saturated heterocycles. The van der Waals surface area contributed by atoms with E-state index in [1.54, 1.807) is 20.8 Å². The Morgan fingerprint density at radius 3 is 2.30 bits per heavy atom. The van der Waals surface area contributed by atoms with Crippen LogP contribution in [-0.2, 0) is 21.2 Å². The molecule has 6 nitrogen and oxygen atoms in total. The lowest BCUT2D eigenvalue weighted by Crippen LogP contribution is -2.37. The molecule has 0 aromatic carbocycles. The Hall–Kier alpha value is -0.973. The summed E-state index contributed by atoms with van der Waals surface area (Å²) in [5.74, 6) is -0.662. The second-order valence-electron chi connectivity index (χ2n) is 9.17. The highest BCUT2D eigenvalue weighted by Crippen LogP contribution is 2.38. The maximum atomic E-state index is 14.9. The van der Waals surface area contributed by atoms with Gasteiger partial charge in [-0.1, -0.05) is 20.8 Å². The van der Waals surface area contributed by atoms with Gasteiger partial charge in [-0.2, -0.15) is 0 Å². The highest BCUT2D eigenvalue weighted by molar-refractivity contribution is 7.94. The van der Waals surface area contributed by atoms with Gasteiger partial charge in [0.2, 0.25) is 0 Å². The molecule has 1 heterocycles. The molecule has 0 aliphatic carbocycles. The van der Waals surface area contributed by atoms with E-state index in [-0.39, 0.29) is 21.4 Å². The molecular formula is C17H32FN3O3S2Si. The molecule has 1 aromatic heterocycles. The summed E-state index contributed by atoms with van der Waals surface area (Å²) in [6.45, 7) is 15.2. The summed E-state index contributed by atoms with van der Waals surface area (Å²) in [7, 11) is -4.17. The first-order valence-corrected chi connectivity index (χ1v) is 14.0. The number of carbonyl (C=O) groups excluding carboxylic acids is 1. The van der Waals surface area contributed by atoms with Gasteiger partial charge in [0.1, 0.15) is 19.7 Å². The minimum atomic E-state index is -3.35. The number of rotatable bonds is 4. The van der Waals surface area contributed by atoms with Gasteiger partial charge in [-0.3, -0.25) is 4.03 Å². The monoisotopic (exact) mass is 437 g/mol. The van der Waals surface area contributed by atoms with E-state index in [9.17, 15) is 13.4 Å². The number of hydrogen-bond acceptors (Lipinski definition) is 5. The van der Waals surface area contributed by atoms with Crippen molar-refractivity contribution in [2.75, 3.05) is 7.05 Å². The zero-order valence-corrected chi connectivity index (χ0v) is 20.3. The second kappa shape index (κ2) is 7.80. The number of nitrogens with zero attached hydrogens (tertiary/aromatic N) is 2. The lowest BCUT2D eigenvalue weighted by Gasteiger charge is -2.32. The van der Waals surface area contributed by atoms with E-state index in [4.69, 9.17) is 9.88 Å². The predicted molar refractivity (Wildman–Crippen MR) is 112 cm³/mol. The first-order chi connectivity index (χ1) is 11.9. The number of amides is 1. The summed E-state index contributed by atoms with van der Waals surface area (Å²) in [6.07, 6.45) is -0.561. The Bertz CT molecular complexity index is 816. The van der Waals surface area contributed by atoms with Gasteiger partial charge in [-0.05, 0) is 38.9 Å². The topological polar surface area (TPSA) is 85.0 Å². The molecule has 1 rings (SSSR count). The van der Waals surface area contributed by atoms with Crippen LogP contribution in [0.2, 0.25) is 18.1 Å². The zero-order chi connectivity index (χ0) is 21.4. The highest BCUT2D eigenvalue weighted by atomic mass is 32.2. The van der Waals surface area contributed by atoms with Crippen LogP contribution >= 0.6 is 11.3 Å². The minimum absolute atomic E-state index is 0.00708. The first kappa shape index (κ1) is 24.1. The number of carbonyl (C=O) groups is 1. The van der Waals surface area contributed by atoms with Crippen molar-refractivity contribution in [3.63, 3.8) is 0 Å². The average Bonchev–Trinajstić information content (AvgIpc) is 2.76. The van der Waals surface area contributed by atoms with Crippen molar-refractivity contribution in [2.24, 2.45) is 9.17 Å². The van der Waals surface area contributed by atoms with Crippen molar-refractivity contribution >= 4 is 35.6 Å². The lowest BCUT2D eigenvalue weighted by molar-refractivity contribution is 0.0284. The molecule has 1 atom stereocenters. The molecule has 0 bridgehead atoms. The lowest BCUT2D eigenvalue weighted by atomic mass is 10.2. The molecule has 1 aromatic rings. The normalized spacial score (nSPS) is 15.2. The van der Waals surface area contributed by atoms with E-state index in [0.717, 1.165) is 11.3 Å². The molecule has 1 unspecified atom stereocenters. The van der Waals surface area contributed by atoms with E-state index in [1.165, 1.54) is 17.3 Å². The fourth-order valence-corrected chi connectivity index (χ4v) is 8.06. The molecule has 10 heteroatoms. The standard InChI is InChI=1S/C17H32FN3O3S2Si/c1-16(2,3)24-15(22)21(7)10-12-11-25-14(13(12)18)26(19,23)20-27(8,9)17(4,5)6/h11H,10H2,1-9H3,(H2,19,20,23). The van der Waals surface area contributed by atoms with Crippen molar-refractivity contribution in [3.8, 4) is 0 Å². The largest absolute Gasteiger partial charge is 0.444 e. The third kappa shape index (κ3) is 6.26. The van der Waals surface area contributed by atoms with E-state index in [2.05, 4.69) is 4.03 Å². The Morgan fingerprint density at radius 1 is 1.33 bits per heavy atom. The fourth-order valence-electron chi connectivity index (χ4n) is 1.84. The maximum absolute atomic E-state index is 14.9. The molecular weight excluding hydrogens is 405 g/mol. The number of nitrogens with two attached hydrogens (primary N) is 1. The van der Waals surface area contributed by atoms with Crippen molar-refractivity contribution in [1.29, 1.82) is 0 Å². The van der Waals surface area contributed by atoms with Crippen molar-refractivity contribution < 1.29 is 18.1 Å². The van der Waals surface area contributed by atoms with E-state index in [0.29, 0.717) is 0 Å². The van der Waals surface area contributed by atoms with Gasteiger partial charge in [-0.25, -0.2) is 18.5 Å². The second-order valence-corrected chi connectivity index (χ2v) is 17.2. The van der Waals surface area contributed by atoms with Gasteiger partial charge in [-0.15, -0.1) is 11.3 Å². The predicted octanol–water partition coefficient (Wildman–Crippen LogP) is 4.96. The molecule has 0 spiro atoms. The molecule has 156 valence electrons. The summed E-state index contributed by atoms with van der Waals surface area (Å²) >= 11 is 0.976. The Labute approximate surface area is 167 Å². The van der Waals surface area contributed by atoms with E-state index in [1.807, 2.05) is 33.9 Å². The molecule has 1 amide bonds. The van der Waals surface area contributed by atoms with Gasteiger partial charge >= 0.3 is 6.09 Å². The number of hydrogen-bond donors (Lipinski definition) is 1. The average molecular weight is 438 g/mol. The van der Waals surface area contributed by atoms with Crippen LogP contribution in [0.4, 0.5) is 9.18 Å². The SMILES string of the molecule is CN(Cc1csc(S(N)(=O)=N[Si](C)(C)C(C)(C)C)c1F)C(=O)OC(C)(C)C. The number of halogens is 1. The third-order valence-electron chi connectivity index (χ3n) is 4.35. The quantitative estimate of drug-likeness (QED) is 0.676. The first-order valence-electron chi connectivity index (χ1n) is 8.63. The number of ether oxygens (including phenoxy) is 1. The zero-order valence-electron chi connectivity index (χ0n) is 17.7. The molecule has 0 aliphatic rings. The molecule has 27 heavy (non-hydrogen) atoms. The summed E-state index contributed by atoms with van der Waals surface area (Å²) in [4.78, 5) is 13.3. The maximum Gasteiger partial charge on any atom is 0.410 e. The van der Waals surface area contributed by atoms with Crippen molar-refractivity contribution in [1.82, 2.24) is 4.90 Å². The molecule has 0 fully saturated rings. The summed E-state index contributed by atoms with van der Waals surface area (Å²) < 4.78 is 37.5. The Kier molecular flexibility index (Phi) is 6.96. The van der Waals surface area contributed by atoms with Crippen molar-refractivity contribution in [2.45, 2.75) is 76.0 Å². The molecule has 0 saturated carbocycles. The van der Waals surface area contributed by atoms with Gasteiger partial charge in [0.05, 0.1) is 6.54 Å². The van der Waals surface area contributed by atoms with Crippen LogP contribution in [0.15, 0.2) is 13.6 Å². The minimum Gasteiger partial charge on any atom is -0.444 e. The van der Waals surface area contributed by atoms with Crippen LogP contribution in [0.1, 0.15) is 47.1 Å². The molecule has 2 N–H and O–H groups in total. The Balaban J connectivity index is 3.15.